The van der Waals surface area contributed by atoms with Gasteiger partial charge in [0.15, 0.2) is 0 Å². The number of piperidine rings is 1. The summed E-state index contributed by atoms with van der Waals surface area (Å²) in [6.45, 7) is 4.79. The van der Waals surface area contributed by atoms with Crippen LogP contribution in [0.3, 0.4) is 0 Å². The van der Waals surface area contributed by atoms with Crippen molar-refractivity contribution in [3.05, 3.63) is 0 Å². The number of hydrogen-bond acceptors (Lipinski definition) is 3. The van der Waals surface area contributed by atoms with E-state index in [9.17, 15) is 5.11 Å². The summed E-state index contributed by atoms with van der Waals surface area (Å²) in [5, 5.41) is 19.2. The first-order valence-corrected chi connectivity index (χ1v) is 7.43. The fourth-order valence-corrected chi connectivity index (χ4v) is 3.34. The number of aliphatic hydroxyl groups excluding tert-OH is 1. The Balaban J connectivity index is 1.69. The van der Waals surface area contributed by atoms with E-state index in [4.69, 9.17) is 5.26 Å². The Hall–Kier alpha value is -0.590. The zero-order valence-electron chi connectivity index (χ0n) is 11.6. The summed E-state index contributed by atoms with van der Waals surface area (Å²) in [5.74, 6) is 0.758. The molecule has 1 heterocycles. The number of likely N-dealkylation sites (tertiary alicyclic amines) is 1. The second kappa shape index (κ2) is 6.04. The molecule has 1 unspecified atom stereocenters. The van der Waals surface area contributed by atoms with E-state index < -0.39 is 0 Å². The molecule has 2 aliphatic rings. The molecule has 0 radical (unpaired) electrons. The quantitative estimate of drug-likeness (QED) is 0.834. The molecule has 0 aromatic carbocycles. The Morgan fingerprint density at radius 2 is 1.94 bits per heavy atom. The fourth-order valence-electron chi connectivity index (χ4n) is 3.34. The van der Waals surface area contributed by atoms with E-state index in [1.165, 1.54) is 25.7 Å². The number of rotatable bonds is 4. The molecule has 1 atom stereocenters. The Kier molecular flexibility index (Phi) is 4.64. The van der Waals surface area contributed by atoms with Crippen molar-refractivity contribution in [2.45, 2.75) is 58.0 Å². The first-order valence-electron chi connectivity index (χ1n) is 7.43. The first-order chi connectivity index (χ1) is 8.61. The molecule has 0 aromatic rings. The molecular formula is C15H26N2O. The van der Waals surface area contributed by atoms with Crippen molar-refractivity contribution in [3.63, 3.8) is 0 Å². The van der Waals surface area contributed by atoms with Crippen LogP contribution in [0, 0.1) is 22.7 Å². The smallest absolute Gasteiger partial charge is 0.0687 e. The minimum atomic E-state index is -0.167. The second-order valence-electron chi connectivity index (χ2n) is 6.51. The van der Waals surface area contributed by atoms with E-state index in [1.807, 2.05) is 0 Å². The standard InChI is InChI=1S/C15H26N2O/c1-15(12-16)6-8-17(9-7-15)11-14(18)10-13-4-2-3-5-13/h13-14,18H,2-11H2,1H3. The van der Waals surface area contributed by atoms with Gasteiger partial charge in [-0.15, -0.1) is 0 Å². The van der Waals surface area contributed by atoms with Crippen LogP contribution < -0.4 is 0 Å². The van der Waals surface area contributed by atoms with Crippen LogP contribution in [0.4, 0.5) is 0 Å². The highest BCUT2D eigenvalue weighted by Gasteiger charge is 2.30. The Bertz CT molecular complexity index is 296. The van der Waals surface area contributed by atoms with Gasteiger partial charge < -0.3 is 10.0 Å². The normalized spacial score (nSPS) is 26.9. The maximum atomic E-state index is 10.1. The molecule has 3 heteroatoms. The summed E-state index contributed by atoms with van der Waals surface area (Å²) in [4.78, 5) is 2.33. The Labute approximate surface area is 111 Å². The monoisotopic (exact) mass is 250 g/mol. The van der Waals surface area contributed by atoms with Crippen LogP contribution in [-0.2, 0) is 0 Å². The molecule has 0 spiro atoms. The molecule has 1 N–H and O–H groups in total. The Morgan fingerprint density at radius 3 is 2.50 bits per heavy atom. The summed E-state index contributed by atoms with van der Waals surface area (Å²) in [6.07, 6.45) is 8.02. The molecule has 3 nitrogen and oxygen atoms in total. The average Bonchev–Trinajstić information content (AvgIpc) is 2.85. The topological polar surface area (TPSA) is 47.3 Å². The van der Waals surface area contributed by atoms with Crippen molar-refractivity contribution >= 4 is 0 Å². The van der Waals surface area contributed by atoms with Crippen LogP contribution in [-0.4, -0.2) is 35.7 Å². The van der Waals surface area contributed by atoms with Gasteiger partial charge in [0.05, 0.1) is 17.6 Å². The number of nitriles is 1. The summed E-state index contributed by atoms with van der Waals surface area (Å²) < 4.78 is 0. The molecule has 1 saturated heterocycles. The molecule has 2 rings (SSSR count). The van der Waals surface area contributed by atoms with Crippen LogP contribution in [0.5, 0.6) is 0 Å². The van der Waals surface area contributed by atoms with Crippen molar-refractivity contribution < 1.29 is 5.11 Å². The molecule has 1 aliphatic carbocycles. The van der Waals surface area contributed by atoms with Gasteiger partial charge in [0.25, 0.3) is 0 Å². The first kappa shape index (κ1) is 13.8. The number of hydrogen-bond donors (Lipinski definition) is 1. The molecule has 18 heavy (non-hydrogen) atoms. The van der Waals surface area contributed by atoms with Crippen LogP contribution in [0.1, 0.15) is 51.9 Å². The molecule has 102 valence electrons. The van der Waals surface area contributed by atoms with Crippen molar-refractivity contribution in [3.8, 4) is 6.07 Å². The van der Waals surface area contributed by atoms with E-state index >= 15 is 0 Å². The third-order valence-electron chi connectivity index (χ3n) is 4.78. The van der Waals surface area contributed by atoms with Crippen molar-refractivity contribution in [2.75, 3.05) is 19.6 Å². The Morgan fingerprint density at radius 1 is 1.33 bits per heavy atom. The van der Waals surface area contributed by atoms with Crippen molar-refractivity contribution in [1.29, 1.82) is 5.26 Å². The predicted octanol–water partition coefficient (Wildman–Crippen LogP) is 2.55. The largest absolute Gasteiger partial charge is 0.392 e. The van der Waals surface area contributed by atoms with Gasteiger partial charge in [-0.3, -0.25) is 0 Å². The molecule has 2 fully saturated rings. The highest BCUT2D eigenvalue weighted by molar-refractivity contribution is 4.98. The SMILES string of the molecule is CC1(C#N)CCN(CC(O)CC2CCCC2)CC1. The molecule has 0 aromatic heterocycles. The number of nitrogens with zero attached hydrogens (tertiary/aromatic N) is 2. The lowest BCUT2D eigenvalue weighted by Gasteiger charge is -2.36. The minimum absolute atomic E-state index is 0.132. The lowest BCUT2D eigenvalue weighted by atomic mass is 9.82. The maximum Gasteiger partial charge on any atom is 0.0687 e. The highest BCUT2D eigenvalue weighted by atomic mass is 16.3. The molecule has 0 bridgehead atoms. The maximum absolute atomic E-state index is 10.1. The molecular weight excluding hydrogens is 224 g/mol. The minimum Gasteiger partial charge on any atom is -0.392 e. The third-order valence-corrected chi connectivity index (χ3v) is 4.78. The van der Waals surface area contributed by atoms with Crippen molar-refractivity contribution in [2.24, 2.45) is 11.3 Å². The van der Waals surface area contributed by atoms with Gasteiger partial charge >= 0.3 is 0 Å². The zero-order chi connectivity index (χ0) is 13.0. The highest BCUT2D eigenvalue weighted by Crippen LogP contribution is 2.31. The second-order valence-corrected chi connectivity index (χ2v) is 6.51. The lowest BCUT2D eigenvalue weighted by molar-refractivity contribution is 0.0657. The van der Waals surface area contributed by atoms with E-state index in [-0.39, 0.29) is 11.5 Å². The van der Waals surface area contributed by atoms with Crippen LogP contribution >= 0.6 is 0 Å². The van der Waals surface area contributed by atoms with Crippen LogP contribution in [0.25, 0.3) is 0 Å². The number of aliphatic hydroxyl groups is 1. The van der Waals surface area contributed by atoms with Gasteiger partial charge in [-0.25, -0.2) is 0 Å². The van der Waals surface area contributed by atoms with Crippen LogP contribution in [0.2, 0.25) is 0 Å². The van der Waals surface area contributed by atoms with Gasteiger partial charge in [-0.2, -0.15) is 5.26 Å². The lowest BCUT2D eigenvalue weighted by Crippen LogP contribution is -2.42. The van der Waals surface area contributed by atoms with E-state index in [0.29, 0.717) is 0 Å². The summed E-state index contributed by atoms with van der Waals surface area (Å²) in [7, 11) is 0. The van der Waals surface area contributed by atoms with Crippen LogP contribution in [0.15, 0.2) is 0 Å². The average molecular weight is 250 g/mol. The molecule has 0 amide bonds. The number of β-amino-alcohol motifs (C(OH)–C–C–N with tert-alkyl or cyclic N) is 1. The summed E-state index contributed by atoms with van der Waals surface area (Å²) in [5.41, 5.74) is -0.132. The zero-order valence-corrected chi connectivity index (χ0v) is 11.6. The van der Waals surface area contributed by atoms with Gasteiger partial charge in [-0.05, 0) is 45.2 Å². The summed E-state index contributed by atoms with van der Waals surface area (Å²) >= 11 is 0. The van der Waals surface area contributed by atoms with E-state index in [1.54, 1.807) is 0 Å². The van der Waals surface area contributed by atoms with Gasteiger partial charge in [0, 0.05) is 6.54 Å². The molecule has 1 saturated carbocycles. The summed E-state index contributed by atoms with van der Waals surface area (Å²) in [6, 6.07) is 2.42. The van der Waals surface area contributed by atoms with Crippen molar-refractivity contribution in [1.82, 2.24) is 4.90 Å². The molecule has 1 aliphatic heterocycles. The van der Waals surface area contributed by atoms with Gasteiger partial charge in [0.2, 0.25) is 0 Å². The van der Waals surface area contributed by atoms with E-state index in [0.717, 1.165) is 44.8 Å². The predicted molar refractivity (Wildman–Crippen MR) is 72.0 cm³/mol. The third kappa shape index (κ3) is 3.70. The van der Waals surface area contributed by atoms with Gasteiger partial charge in [-0.1, -0.05) is 25.7 Å². The van der Waals surface area contributed by atoms with Gasteiger partial charge in [0.1, 0.15) is 0 Å². The fraction of sp³-hybridized carbons (Fsp3) is 0.933. The van der Waals surface area contributed by atoms with E-state index in [2.05, 4.69) is 17.9 Å².